The lowest BCUT2D eigenvalue weighted by Crippen LogP contribution is -2.23. The van der Waals surface area contributed by atoms with E-state index in [0.29, 0.717) is 24.1 Å². The molecule has 186 valence electrons. The standard InChI is InChI=1S/C27H37N5O2Si/c1-20-15-29-31(17-20)18-21-5-7-22(8-6-21)32-12-10-25(33)24-16-28-27-23(26(24)32)9-11-30(27)19-34-13-14-35(2,3)4/h9-12,15-17,21-22H,5-8,13-14,18-19H2,1-4H3/t21-,22-. The minimum Gasteiger partial charge on any atom is -0.361 e. The molecule has 0 amide bonds. The van der Waals surface area contributed by atoms with Gasteiger partial charge in [-0.05, 0) is 56.2 Å². The van der Waals surface area contributed by atoms with Crippen molar-refractivity contribution in [1.82, 2.24) is 23.9 Å². The van der Waals surface area contributed by atoms with Crippen LogP contribution >= 0.6 is 0 Å². The number of nitrogens with zero attached hydrogens (tertiary/aromatic N) is 5. The van der Waals surface area contributed by atoms with Crippen LogP contribution in [0.5, 0.6) is 0 Å². The van der Waals surface area contributed by atoms with E-state index in [9.17, 15) is 4.79 Å². The van der Waals surface area contributed by atoms with Crippen molar-refractivity contribution >= 4 is 30.0 Å². The molecular weight excluding hydrogens is 454 g/mol. The molecule has 1 fully saturated rings. The van der Waals surface area contributed by atoms with Crippen molar-refractivity contribution < 1.29 is 4.74 Å². The van der Waals surface area contributed by atoms with Crippen molar-refractivity contribution in [1.29, 1.82) is 0 Å². The molecule has 5 rings (SSSR count). The maximum atomic E-state index is 12.7. The van der Waals surface area contributed by atoms with E-state index >= 15 is 0 Å². The number of rotatable bonds is 8. The SMILES string of the molecule is Cc1cnn(C[C@H]2CC[C@H](n3ccc(=O)c4cnc5c(ccn5COCC[Si](C)(C)C)c43)CC2)c1. The molecule has 0 N–H and O–H groups in total. The summed E-state index contributed by atoms with van der Waals surface area (Å²) >= 11 is 0. The van der Waals surface area contributed by atoms with Gasteiger partial charge in [-0.1, -0.05) is 19.6 Å². The second-order valence-electron chi connectivity index (χ2n) is 11.4. The monoisotopic (exact) mass is 491 g/mol. The van der Waals surface area contributed by atoms with Crippen molar-refractivity contribution in [2.75, 3.05) is 6.61 Å². The molecule has 0 aliphatic heterocycles. The molecule has 35 heavy (non-hydrogen) atoms. The molecule has 4 aromatic heterocycles. The second-order valence-corrected chi connectivity index (χ2v) is 17.0. The average molecular weight is 492 g/mol. The van der Waals surface area contributed by atoms with E-state index in [-0.39, 0.29) is 5.43 Å². The average Bonchev–Trinajstić information content (AvgIpc) is 3.43. The van der Waals surface area contributed by atoms with Crippen LogP contribution in [0.2, 0.25) is 25.7 Å². The first kappa shape index (κ1) is 24.0. The molecule has 0 bridgehead atoms. The van der Waals surface area contributed by atoms with Gasteiger partial charge in [0.2, 0.25) is 0 Å². The molecule has 0 atom stereocenters. The highest BCUT2D eigenvalue weighted by Crippen LogP contribution is 2.35. The lowest BCUT2D eigenvalue weighted by atomic mass is 9.85. The van der Waals surface area contributed by atoms with Crippen molar-refractivity contribution in [2.24, 2.45) is 5.92 Å². The van der Waals surface area contributed by atoms with E-state index in [0.717, 1.165) is 61.4 Å². The summed E-state index contributed by atoms with van der Waals surface area (Å²) in [6.45, 7) is 11.4. The molecule has 7 nitrogen and oxygen atoms in total. The normalized spacial score (nSPS) is 19.1. The smallest absolute Gasteiger partial charge is 0.190 e. The van der Waals surface area contributed by atoms with Crippen LogP contribution in [-0.2, 0) is 18.0 Å². The molecule has 8 heteroatoms. The van der Waals surface area contributed by atoms with E-state index in [4.69, 9.17) is 4.74 Å². The van der Waals surface area contributed by atoms with Crippen LogP contribution in [0.3, 0.4) is 0 Å². The van der Waals surface area contributed by atoms with Crippen LogP contribution in [0.1, 0.15) is 37.3 Å². The largest absolute Gasteiger partial charge is 0.361 e. The number of pyridine rings is 2. The number of hydrogen-bond donors (Lipinski definition) is 0. The summed E-state index contributed by atoms with van der Waals surface area (Å²) in [7, 11) is -1.12. The van der Waals surface area contributed by atoms with E-state index in [1.54, 1.807) is 12.3 Å². The van der Waals surface area contributed by atoms with Gasteiger partial charge in [0.05, 0.1) is 17.1 Å². The Hall–Kier alpha value is -2.71. The zero-order valence-corrected chi connectivity index (χ0v) is 22.4. The maximum Gasteiger partial charge on any atom is 0.190 e. The Morgan fingerprint density at radius 1 is 1.06 bits per heavy atom. The Bertz CT molecular complexity index is 1370. The highest BCUT2D eigenvalue weighted by molar-refractivity contribution is 6.76. The first-order valence-electron chi connectivity index (χ1n) is 12.8. The van der Waals surface area contributed by atoms with Crippen LogP contribution in [0.15, 0.2) is 47.9 Å². The topological polar surface area (TPSA) is 66.9 Å². The summed E-state index contributed by atoms with van der Waals surface area (Å²) in [5, 5.41) is 6.20. The van der Waals surface area contributed by atoms with Gasteiger partial charge in [0.1, 0.15) is 12.4 Å². The number of aromatic nitrogens is 5. The summed E-state index contributed by atoms with van der Waals surface area (Å²) < 4.78 is 12.5. The van der Waals surface area contributed by atoms with E-state index in [1.807, 2.05) is 18.6 Å². The molecular formula is C27H37N5O2Si. The van der Waals surface area contributed by atoms with Gasteiger partial charge >= 0.3 is 0 Å². The van der Waals surface area contributed by atoms with E-state index in [1.165, 1.54) is 5.56 Å². The third-order valence-corrected chi connectivity index (χ3v) is 9.02. The molecule has 4 heterocycles. The lowest BCUT2D eigenvalue weighted by Gasteiger charge is -2.31. The van der Waals surface area contributed by atoms with Gasteiger partial charge in [0.15, 0.2) is 5.43 Å². The zero-order chi connectivity index (χ0) is 24.6. The minimum atomic E-state index is -1.12. The molecule has 1 saturated carbocycles. The molecule has 0 spiro atoms. The van der Waals surface area contributed by atoms with Crippen LogP contribution in [0.25, 0.3) is 21.9 Å². The Morgan fingerprint density at radius 3 is 2.57 bits per heavy atom. The van der Waals surface area contributed by atoms with Gasteiger partial charge in [0, 0.05) is 63.5 Å². The van der Waals surface area contributed by atoms with E-state index < -0.39 is 8.07 Å². The number of ether oxygens (including phenoxy) is 1. The highest BCUT2D eigenvalue weighted by Gasteiger charge is 2.24. The van der Waals surface area contributed by atoms with Crippen molar-refractivity contribution in [3.63, 3.8) is 0 Å². The molecule has 1 aliphatic carbocycles. The number of fused-ring (bicyclic) bond motifs is 3. The van der Waals surface area contributed by atoms with Crippen molar-refractivity contribution in [3.8, 4) is 0 Å². The first-order chi connectivity index (χ1) is 16.8. The molecule has 0 aromatic carbocycles. The summed E-state index contributed by atoms with van der Waals surface area (Å²) in [4.78, 5) is 17.4. The lowest BCUT2D eigenvalue weighted by molar-refractivity contribution is 0.0899. The van der Waals surface area contributed by atoms with Gasteiger partial charge in [-0.15, -0.1) is 0 Å². The highest BCUT2D eigenvalue weighted by atomic mass is 28.3. The first-order valence-corrected chi connectivity index (χ1v) is 16.5. The van der Waals surface area contributed by atoms with Gasteiger partial charge in [-0.3, -0.25) is 9.48 Å². The third-order valence-electron chi connectivity index (χ3n) is 7.31. The second kappa shape index (κ2) is 9.74. The molecule has 0 saturated heterocycles. The predicted octanol–water partition coefficient (Wildman–Crippen LogP) is 5.60. The van der Waals surface area contributed by atoms with Crippen LogP contribution in [-0.4, -0.2) is 38.6 Å². The van der Waals surface area contributed by atoms with Crippen molar-refractivity contribution in [3.05, 3.63) is 58.9 Å². The van der Waals surface area contributed by atoms with Crippen LogP contribution in [0, 0.1) is 12.8 Å². The van der Waals surface area contributed by atoms with Crippen LogP contribution < -0.4 is 5.43 Å². The van der Waals surface area contributed by atoms with Crippen LogP contribution in [0.4, 0.5) is 0 Å². The summed E-state index contributed by atoms with van der Waals surface area (Å²) in [5.74, 6) is 0.646. The maximum absolute atomic E-state index is 12.7. The van der Waals surface area contributed by atoms with Crippen molar-refractivity contribution in [2.45, 2.75) is 77.6 Å². The Morgan fingerprint density at radius 2 is 1.86 bits per heavy atom. The molecule has 4 aromatic rings. The van der Waals surface area contributed by atoms with Gasteiger partial charge in [-0.25, -0.2) is 4.98 Å². The fourth-order valence-corrected chi connectivity index (χ4v) is 6.04. The van der Waals surface area contributed by atoms with Gasteiger partial charge in [-0.2, -0.15) is 5.10 Å². The summed E-state index contributed by atoms with van der Waals surface area (Å²) in [6, 6.07) is 5.32. The predicted molar refractivity (Wildman–Crippen MR) is 144 cm³/mol. The van der Waals surface area contributed by atoms with E-state index in [2.05, 4.69) is 62.7 Å². The number of hydrogen-bond acceptors (Lipinski definition) is 4. The summed E-state index contributed by atoms with van der Waals surface area (Å²) in [6.07, 6.45) is 14.4. The fraction of sp³-hybridized carbons (Fsp3) is 0.519. The van der Waals surface area contributed by atoms with Gasteiger partial charge in [0.25, 0.3) is 0 Å². The fourth-order valence-electron chi connectivity index (χ4n) is 5.28. The summed E-state index contributed by atoms with van der Waals surface area (Å²) in [5.41, 5.74) is 3.14. The van der Waals surface area contributed by atoms with Gasteiger partial charge < -0.3 is 13.9 Å². The Kier molecular flexibility index (Phi) is 6.68. The number of aryl methyl sites for hydroxylation is 1. The Balaban J connectivity index is 1.37. The third kappa shape index (κ3) is 5.28. The quantitative estimate of drug-likeness (QED) is 0.238. The zero-order valence-electron chi connectivity index (χ0n) is 21.4. The Labute approximate surface area is 207 Å². The molecule has 1 aliphatic rings. The molecule has 0 unspecified atom stereocenters. The molecule has 0 radical (unpaired) electrons. The minimum absolute atomic E-state index is 0.0347.